The van der Waals surface area contributed by atoms with Crippen LogP contribution in [0, 0.1) is 0 Å². The van der Waals surface area contributed by atoms with Crippen molar-refractivity contribution >= 4 is 10.1 Å². The van der Waals surface area contributed by atoms with Crippen molar-refractivity contribution in [1.29, 1.82) is 0 Å². The van der Waals surface area contributed by atoms with Crippen molar-refractivity contribution in [3.8, 4) is 0 Å². The van der Waals surface area contributed by atoms with Gasteiger partial charge in [0.1, 0.15) is 0 Å². The molecule has 0 aliphatic carbocycles. The zero-order valence-corrected chi connectivity index (χ0v) is 8.94. The van der Waals surface area contributed by atoms with Gasteiger partial charge in [0.05, 0.1) is 0 Å². The first kappa shape index (κ1) is 11.7. The highest BCUT2D eigenvalue weighted by molar-refractivity contribution is 7.87. The molecule has 0 aliphatic heterocycles. The molecule has 0 amide bonds. The van der Waals surface area contributed by atoms with Gasteiger partial charge in [0.25, 0.3) is 10.1 Å². The van der Waals surface area contributed by atoms with Crippen LogP contribution < -0.4 is 0 Å². The van der Waals surface area contributed by atoms with E-state index < -0.39 is 14.9 Å². The fraction of sp³-hybridized carbons (Fsp3) is 0.0909. The molecule has 80 valence electrons. The molecule has 1 N–H and O–H groups in total. The van der Waals surface area contributed by atoms with E-state index in [2.05, 4.69) is 13.2 Å². The lowest BCUT2D eigenvalue weighted by atomic mass is 9.98. The molecular weight excluding hydrogens is 212 g/mol. The second kappa shape index (κ2) is 4.00. The van der Waals surface area contributed by atoms with E-state index in [1.807, 2.05) is 0 Å². The lowest BCUT2D eigenvalue weighted by Crippen LogP contribution is -2.30. The van der Waals surface area contributed by atoms with Gasteiger partial charge in [-0.1, -0.05) is 42.5 Å². The van der Waals surface area contributed by atoms with Crippen molar-refractivity contribution in [3.05, 3.63) is 61.2 Å². The van der Waals surface area contributed by atoms with Gasteiger partial charge >= 0.3 is 0 Å². The first-order valence-electron chi connectivity index (χ1n) is 4.27. The van der Waals surface area contributed by atoms with E-state index in [1.165, 1.54) is 0 Å². The van der Waals surface area contributed by atoms with Crippen LogP contribution in [0.2, 0.25) is 0 Å². The van der Waals surface area contributed by atoms with Gasteiger partial charge in [-0.3, -0.25) is 4.55 Å². The highest BCUT2D eigenvalue weighted by atomic mass is 32.2. The summed E-state index contributed by atoms with van der Waals surface area (Å²) < 4.78 is 30.2. The first-order chi connectivity index (χ1) is 6.98. The van der Waals surface area contributed by atoms with Crippen LogP contribution in [0.25, 0.3) is 0 Å². The Kier molecular flexibility index (Phi) is 3.12. The molecule has 0 fully saturated rings. The fourth-order valence-corrected chi connectivity index (χ4v) is 2.23. The molecule has 0 aromatic heterocycles. The summed E-state index contributed by atoms with van der Waals surface area (Å²) in [4.78, 5) is 0. The molecule has 0 aliphatic rings. The van der Waals surface area contributed by atoms with Crippen LogP contribution in [-0.4, -0.2) is 13.0 Å². The van der Waals surface area contributed by atoms with Gasteiger partial charge in [-0.05, 0) is 5.56 Å². The van der Waals surface area contributed by atoms with Gasteiger partial charge in [-0.25, -0.2) is 0 Å². The Hall–Kier alpha value is -1.39. The second-order valence-electron chi connectivity index (χ2n) is 3.04. The summed E-state index contributed by atoms with van der Waals surface area (Å²) >= 11 is 0. The predicted molar refractivity (Wildman–Crippen MR) is 60.1 cm³/mol. The Bertz CT molecular complexity index is 452. The van der Waals surface area contributed by atoms with Gasteiger partial charge in [-0.2, -0.15) is 8.42 Å². The molecule has 15 heavy (non-hydrogen) atoms. The van der Waals surface area contributed by atoms with Crippen LogP contribution in [0.4, 0.5) is 0 Å². The second-order valence-corrected chi connectivity index (χ2v) is 4.67. The molecule has 0 spiro atoms. The van der Waals surface area contributed by atoms with Crippen molar-refractivity contribution in [3.63, 3.8) is 0 Å². The molecule has 0 atom stereocenters. The van der Waals surface area contributed by atoms with E-state index in [0.717, 1.165) is 12.2 Å². The zero-order chi connectivity index (χ0) is 11.5. The molecule has 0 saturated heterocycles. The van der Waals surface area contributed by atoms with E-state index in [-0.39, 0.29) is 0 Å². The topological polar surface area (TPSA) is 54.4 Å². The van der Waals surface area contributed by atoms with E-state index in [0.29, 0.717) is 5.56 Å². The maximum Gasteiger partial charge on any atom is 0.282 e. The third-order valence-corrected chi connectivity index (χ3v) is 3.68. The lowest BCUT2D eigenvalue weighted by molar-refractivity contribution is 0.464. The van der Waals surface area contributed by atoms with Crippen LogP contribution in [0.1, 0.15) is 5.56 Å². The van der Waals surface area contributed by atoms with Gasteiger partial charge < -0.3 is 0 Å². The molecule has 3 nitrogen and oxygen atoms in total. The normalized spacial score (nSPS) is 12.1. The standard InChI is InChI=1S/C11H12O3S/c1-3-11(4-2,15(12,13)14)10-8-6-5-7-9-10/h3-9H,1-2H2,(H,12,13,14). The highest BCUT2D eigenvalue weighted by Gasteiger charge is 2.38. The molecule has 0 radical (unpaired) electrons. The van der Waals surface area contributed by atoms with Gasteiger partial charge in [-0.15, -0.1) is 13.2 Å². The minimum Gasteiger partial charge on any atom is -0.284 e. The summed E-state index contributed by atoms with van der Waals surface area (Å²) in [5, 5.41) is 0. The Labute approximate surface area is 89.5 Å². The van der Waals surface area contributed by atoms with Gasteiger partial charge in [0.2, 0.25) is 0 Å². The molecule has 0 unspecified atom stereocenters. The minimum atomic E-state index is -4.32. The summed E-state index contributed by atoms with van der Waals surface area (Å²) in [6, 6.07) is 8.31. The third-order valence-electron chi connectivity index (χ3n) is 2.26. The predicted octanol–water partition coefficient (Wildman–Crippen LogP) is 2.14. The SMILES string of the molecule is C=CC(C=C)(c1ccccc1)S(=O)(=O)O. The Morgan fingerprint density at radius 1 is 1.13 bits per heavy atom. The van der Waals surface area contributed by atoms with Crippen molar-refractivity contribution in [2.45, 2.75) is 4.75 Å². The average molecular weight is 224 g/mol. The largest absolute Gasteiger partial charge is 0.284 e. The maximum atomic E-state index is 11.3. The van der Waals surface area contributed by atoms with Crippen molar-refractivity contribution in [2.24, 2.45) is 0 Å². The Morgan fingerprint density at radius 3 is 1.93 bits per heavy atom. The monoisotopic (exact) mass is 224 g/mol. The van der Waals surface area contributed by atoms with E-state index in [1.54, 1.807) is 30.3 Å². The van der Waals surface area contributed by atoms with Crippen molar-refractivity contribution in [1.82, 2.24) is 0 Å². The summed E-state index contributed by atoms with van der Waals surface area (Å²) in [6.07, 6.45) is 2.31. The van der Waals surface area contributed by atoms with Crippen LogP contribution in [0.15, 0.2) is 55.6 Å². The summed E-state index contributed by atoms with van der Waals surface area (Å²) in [5.41, 5.74) is 0.414. The highest BCUT2D eigenvalue weighted by Crippen LogP contribution is 2.31. The molecule has 4 heteroatoms. The lowest BCUT2D eigenvalue weighted by Gasteiger charge is -2.23. The quantitative estimate of drug-likeness (QED) is 0.629. The molecular formula is C11H12O3S. The summed E-state index contributed by atoms with van der Waals surface area (Å²) in [7, 11) is -4.32. The summed E-state index contributed by atoms with van der Waals surface area (Å²) in [5.74, 6) is 0. The number of hydrogen-bond acceptors (Lipinski definition) is 2. The van der Waals surface area contributed by atoms with E-state index >= 15 is 0 Å². The molecule has 0 heterocycles. The number of rotatable bonds is 4. The van der Waals surface area contributed by atoms with Crippen molar-refractivity contribution in [2.75, 3.05) is 0 Å². The Morgan fingerprint density at radius 2 is 1.60 bits per heavy atom. The average Bonchev–Trinajstić information content (AvgIpc) is 2.20. The van der Waals surface area contributed by atoms with Crippen LogP contribution >= 0.6 is 0 Å². The fourth-order valence-electron chi connectivity index (χ4n) is 1.38. The van der Waals surface area contributed by atoms with Crippen molar-refractivity contribution < 1.29 is 13.0 Å². The third kappa shape index (κ3) is 1.86. The molecule has 1 aromatic rings. The van der Waals surface area contributed by atoms with Crippen LogP contribution in [-0.2, 0) is 14.9 Å². The molecule has 1 rings (SSSR count). The van der Waals surface area contributed by atoms with Gasteiger partial charge in [0.15, 0.2) is 4.75 Å². The number of hydrogen-bond donors (Lipinski definition) is 1. The van der Waals surface area contributed by atoms with Gasteiger partial charge in [0, 0.05) is 0 Å². The first-order valence-corrected chi connectivity index (χ1v) is 5.71. The molecule has 0 saturated carbocycles. The van der Waals surface area contributed by atoms with E-state index in [9.17, 15) is 13.0 Å². The molecule has 0 bridgehead atoms. The van der Waals surface area contributed by atoms with E-state index in [4.69, 9.17) is 0 Å². The van der Waals surface area contributed by atoms with Crippen LogP contribution in [0.5, 0.6) is 0 Å². The summed E-state index contributed by atoms with van der Waals surface area (Å²) in [6.45, 7) is 6.87. The van der Waals surface area contributed by atoms with Crippen LogP contribution in [0.3, 0.4) is 0 Å². The number of benzene rings is 1. The zero-order valence-electron chi connectivity index (χ0n) is 8.13. The molecule has 1 aromatic carbocycles. The smallest absolute Gasteiger partial charge is 0.282 e. The minimum absolute atomic E-state index is 0.414. The maximum absolute atomic E-state index is 11.3. The Balaban J connectivity index is 3.51.